The first kappa shape index (κ1) is 14.2. The van der Waals surface area contributed by atoms with Crippen LogP contribution in [-0.2, 0) is 13.1 Å². The van der Waals surface area contributed by atoms with Crippen LogP contribution in [0.4, 0.5) is 8.78 Å². The molecule has 1 aliphatic heterocycles. The van der Waals surface area contributed by atoms with Gasteiger partial charge >= 0.3 is 0 Å². The third kappa shape index (κ3) is 3.13. The average molecular weight is 291 g/mol. The lowest BCUT2D eigenvalue weighted by molar-refractivity contribution is 0.421. The molecule has 112 valence electrons. The van der Waals surface area contributed by atoms with Gasteiger partial charge < -0.3 is 9.88 Å². The summed E-state index contributed by atoms with van der Waals surface area (Å²) in [7, 11) is 0. The molecule has 5 heteroatoms. The van der Waals surface area contributed by atoms with Crippen molar-refractivity contribution < 1.29 is 8.78 Å². The van der Waals surface area contributed by atoms with Crippen LogP contribution in [0.15, 0.2) is 24.4 Å². The Hall–Kier alpha value is -1.75. The molecule has 0 saturated carbocycles. The molecule has 1 aromatic heterocycles. The molecule has 0 spiro atoms. The summed E-state index contributed by atoms with van der Waals surface area (Å²) in [5.41, 5.74) is 1.40. The van der Waals surface area contributed by atoms with E-state index < -0.39 is 5.82 Å². The second kappa shape index (κ2) is 5.93. The molecule has 0 saturated heterocycles. The highest BCUT2D eigenvalue weighted by molar-refractivity contribution is 5.18. The van der Waals surface area contributed by atoms with Crippen molar-refractivity contribution >= 4 is 0 Å². The van der Waals surface area contributed by atoms with Crippen molar-refractivity contribution in [1.82, 2.24) is 14.9 Å². The lowest BCUT2D eigenvalue weighted by Crippen LogP contribution is -2.26. The fourth-order valence-electron chi connectivity index (χ4n) is 2.96. The van der Waals surface area contributed by atoms with Gasteiger partial charge in [-0.1, -0.05) is 0 Å². The van der Waals surface area contributed by atoms with E-state index in [-0.39, 0.29) is 5.82 Å². The predicted molar refractivity (Wildman–Crippen MR) is 77.0 cm³/mol. The van der Waals surface area contributed by atoms with Crippen molar-refractivity contribution in [2.24, 2.45) is 0 Å². The van der Waals surface area contributed by atoms with Gasteiger partial charge in [0.15, 0.2) is 0 Å². The first-order chi connectivity index (χ1) is 10.1. The highest BCUT2D eigenvalue weighted by atomic mass is 19.1. The van der Waals surface area contributed by atoms with Crippen molar-refractivity contribution in [3.05, 3.63) is 53.1 Å². The van der Waals surface area contributed by atoms with Gasteiger partial charge in [0.05, 0.1) is 5.69 Å². The van der Waals surface area contributed by atoms with E-state index in [4.69, 9.17) is 0 Å². The second-order valence-electron chi connectivity index (χ2n) is 5.64. The maximum Gasteiger partial charge on any atom is 0.127 e. The monoisotopic (exact) mass is 291 g/mol. The summed E-state index contributed by atoms with van der Waals surface area (Å²) >= 11 is 0. The molecule has 3 rings (SSSR count). The Morgan fingerprint density at radius 3 is 3.10 bits per heavy atom. The van der Waals surface area contributed by atoms with Gasteiger partial charge in [-0.05, 0) is 38.0 Å². The van der Waals surface area contributed by atoms with Crippen LogP contribution in [0.3, 0.4) is 0 Å². The van der Waals surface area contributed by atoms with E-state index in [9.17, 15) is 8.78 Å². The summed E-state index contributed by atoms with van der Waals surface area (Å²) in [6.07, 6.45) is 4.28. The number of halogens is 2. The van der Waals surface area contributed by atoms with Gasteiger partial charge in [-0.15, -0.1) is 0 Å². The Labute approximate surface area is 123 Å². The van der Waals surface area contributed by atoms with Crippen molar-refractivity contribution in [3.8, 4) is 0 Å². The number of hydrogen-bond donors (Lipinski definition) is 1. The molecule has 1 aliphatic rings. The van der Waals surface area contributed by atoms with Crippen LogP contribution in [0, 0.1) is 18.6 Å². The van der Waals surface area contributed by atoms with Gasteiger partial charge in [0.1, 0.15) is 17.5 Å². The zero-order chi connectivity index (χ0) is 14.8. The van der Waals surface area contributed by atoms with Gasteiger partial charge in [0.25, 0.3) is 0 Å². The maximum atomic E-state index is 13.6. The molecule has 2 aromatic rings. The number of rotatable bonds is 4. The van der Waals surface area contributed by atoms with E-state index in [1.165, 1.54) is 12.1 Å². The van der Waals surface area contributed by atoms with Crippen LogP contribution in [0.1, 0.15) is 35.8 Å². The lowest BCUT2D eigenvalue weighted by Gasteiger charge is -2.23. The largest absolute Gasteiger partial charge is 0.334 e. The molecule has 1 aromatic carbocycles. The van der Waals surface area contributed by atoms with Gasteiger partial charge in [0, 0.05) is 37.3 Å². The minimum absolute atomic E-state index is 0.333. The minimum Gasteiger partial charge on any atom is -0.334 e. The number of aryl methyl sites for hydroxylation is 2. The Morgan fingerprint density at radius 2 is 2.24 bits per heavy atom. The highest BCUT2D eigenvalue weighted by Crippen LogP contribution is 2.26. The minimum atomic E-state index is -0.406. The third-order valence-corrected chi connectivity index (χ3v) is 3.96. The second-order valence-corrected chi connectivity index (χ2v) is 5.64. The first-order valence-electron chi connectivity index (χ1n) is 7.32. The van der Waals surface area contributed by atoms with Gasteiger partial charge in [0.2, 0.25) is 0 Å². The Kier molecular flexibility index (Phi) is 4.01. The van der Waals surface area contributed by atoms with Gasteiger partial charge in [-0.2, -0.15) is 0 Å². The molecule has 1 N–H and O–H groups in total. The standard InChI is InChI=1S/C16H19F2N3/c1-11-10-21-6-2-3-12(16(21)20-11)8-19-9-13-7-14(17)4-5-15(13)18/h4-5,7,10,12,19H,2-3,6,8-9H2,1H3. The zero-order valence-corrected chi connectivity index (χ0v) is 12.1. The van der Waals surface area contributed by atoms with E-state index in [2.05, 4.69) is 21.1 Å². The number of benzene rings is 1. The van der Waals surface area contributed by atoms with Gasteiger partial charge in [-0.25, -0.2) is 13.8 Å². The fraction of sp³-hybridized carbons (Fsp3) is 0.438. The van der Waals surface area contributed by atoms with E-state index in [1.807, 2.05) is 6.92 Å². The highest BCUT2D eigenvalue weighted by Gasteiger charge is 2.22. The van der Waals surface area contributed by atoms with Crippen molar-refractivity contribution in [1.29, 1.82) is 0 Å². The van der Waals surface area contributed by atoms with E-state index in [0.717, 1.165) is 43.5 Å². The smallest absolute Gasteiger partial charge is 0.127 e. The molecule has 3 nitrogen and oxygen atoms in total. The third-order valence-electron chi connectivity index (χ3n) is 3.96. The molecule has 0 fully saturated rings. The molecule has 21 heavy (non-hydrogen) atoms. The molecule has 1 unspecified atom stereocenters. The summed E-state index contributed by atoms with van der Waals surface area (Å²) in [4.78, 5) is 4.58. The molecule has 2 heterocycles. The summed E-state index contributed by atoms with van der Waals surface area (Å²) in [6.45, 7) is 4.08. The molecule has 0 bridgehead atoms. The van der Waals surface area contributed by atoms with Crippen LogP contribution in [0.2, 0.25) is 0 Å². The predicted octanol–water partition coefficient (Wildman–Crippen LogP) is 3.14. The summed E-state index contributed by atoms with van der Waals surface area (Å²) in [5.74, 6) is 0.664. The molecule has 0 radical (unpaired) electrons. The number of fused-ring (bicyclic) bond motifs is 1. The normalized spacial score (nSPS) is 17.8. The number of aromatic nitrogens is 2. The van der Waals surface area contributed by atoms with E-state index in [1.54, 1.807) is 0 Å². The van der Waals surface area contributed by atoms with Gasteiger partial charge in [-0.3, -0.25) is 0 Å². The molecular formula is C16H19F2N3. The topological polar surface area (TPSA) is 29.9 Å². The Bertz CT molecular complexity index is 636. The number of nitrogens with zero attached hydrogens (tertiary/aromatic N) is 2. The summed E-state index contributed by atoms with van der Waals surface area (Å²) in [6, 6.07) is 3.55. The summed E-state index contributed by atoms with van der Waals surface area (Å²) in [5, 5.41) is 3.23. The first-order valence-corrected chi connectivity index (χ1v) is 7.32. The fourth-order valence-corrected chi connectivity index (χ4v) is 2.96. The van der Waals surface area contributed by atoms with Crippen LogP contribution in [0.5, 0.6) is 0 Å². The summed E-state index contributed by atoms with van der Waals surface area (Å²) < 4.78 is 28.9. The maximum absolute atomic E-state index is 13.6. The Balaban J connectivity index is 1.62. The van der Waals surface area contributed by atoms with Crippen LogP contribution < -0.4 is 5.32 Å². The van der Waals surface area contributed by atoms with Crippen LogP contribution in [0.25, 0.3) is 0 Å². The lowest BCUT2D eigenvalue weighted by atomic mass is 9.99. The van der Waals surface area contributed by atoms with Crippen LogP contribution in [-0.4, -0.2) is 16.1 Å². The molecule has 1 atom stereocenters. The molecular weight excluding hydrogens is 272 g/mol. The van der Waals surface area contributed by atoms with Crippen molar-refractivity contribution in [3.63, 3.8) is 0 Å². The average Bonchev–Trinajstić information content (AvgIpc) is 2.84. The van der Waals surface area contributed by atoms with Crippen molar-refractivity contribution in [2.75, 3.05) is 6.54 Å². The van der Waals surface area contributed by atoms with E-state index >= 15 is 0 Å². The molecule has 0 aliphatic carbocycles. The van der Waals surface area contributed by atoms with E-state index in [0.29, 0.717) is 18.0 Å². The SMILES string of the molecule is Cc1cn2c(n1)C(CNCc1cc(F)ccc1F)CCC2. The number of imidazole rings is 1. The number of hydrogen-bond acceptors (Lipinski definition) is 2. The zero-order valence-electron chi connectivity index (χ0n) is 12.1. The van der Waals surface area contributed by atoms with Crippen molar-refractivity contribution in [2.45, 2.75) is 38.8 Å². The Morgan fingerprint density at radius 1 is 1.38 bits per heavy atom. The number of nitrogens with one attached hydrogen (secondary N) is 1. The molecule has 0 amide bonds. The van der Waals surface area contributed by atoms with Crippen LogP contribution >= 0.6 is 0 Å². The quantitative estimate of drug-likeness (QED) is 0.938.